The Balaban J connectivity index is 0.960. The van der Waals surface area contributed by atoms with Gasteiger partial charge >= 0.3 is 0 Å². The minimum Gasteiger partial charge on any atom is -0.333 e. The lowest BCUT2D eigenvalue weighted by molar-refractivity contribution is 0.589. The number of hydrogen-bond donors (Lipinski definition) is 0. The molecule has 2 unspecified atom stereocenters. The van der Waals surface area contributed by atoms with Crippen LogP contribution >= 0.6 is 0 Å². The normalized spacial score (nSPS) is 17.1. The lowest BCUT2D eigenvalue weighted by Gasteiger charge is -2.45. The zero-order chi connectivity index (χ0) is 89.0. The van der Waals surface area contributed by atoms with E-state index in [1.54, 1.807) is 24.3 Å². The molecule has 0 N–H and O–H groups in total. The molecule has 7 nitrogen and oxygen atoms in total. The first-order chi connectivity index (χ1) is 60.5. The Morgan fingerprint density at radius 2 is 0.775 bits per heavy atom. The quantitative estimate of drug-likeness (QED) is 0.142. The zero-order valence-electron chi connectivity index (χ0n) is 78.7. The summed E-state index contributed by atoms with van der Waals surface area (Å²) in [6.45, 7) is 19.2. The van der Waals surface area contributed by atoms with Crippen molar-refractivity contribution < 1.29 is 21.9 Å². The molecule has 0 saturated heterocycles. The number of para-hydroxylation sites is 4. The highest BCUT2D eigenvalue weighted by Crippen LogP contribution is 2.54. The van der Waals surface area contributed by atoms with Crippen LogP contribution < -0.4 is 31.1 Å². The number of allylic oxidation sites excluding steroid dienone is 2. The Bertz CT molecular complexity index is 7630. The van der Waals surface area contributed by atoms with Gasteiger partial charge in [-0.15, -0.1) is 0 Å². The van der Waals surface area contributed by atoms with Gasteiger partial charge in [0.05, 0.1) is 78.0 Å². The number of hydrogen-bond acceptors (Lipinski definition) is 4. The first-order valence-electron chi connectivity index (χ1n) is 45.8. The van der Waals surface area contributed by atoms with Crippen LogP contribution in [0.25, 0.3) is 105 Å². The minimum absolute atomic E-state index is 0.0138. The second-order valence-corrected chi connectivity index (χ2v) is 32.8. The van der Waals surface area contributed by atoms with Crippen LogP contribution in [0.2, 0.25) is 0 Å². The van der Waals surface area contributed by atoms with E-state index in [2.05, 4.69) is 234 Å². The molecule has 0 amide bonds. The summed E-state index contributed by atoms with van der Waals surface area (Å²) in [4.78, 5) is 6.81. The Hall–Kier alpha value is -13.1. The maximum Gasteiger partial charge on any atom is 0.252 e. The molecule has 532 valence electrons. The number of nitrogens with zero attached hydrogens (tertiary/aromatic N) is 7. The molecule has 111 heavy (non-hydrogen) atoms. The van der Waals surface area contributed by atoms with E-state index in [-0.39, 0.29) is 94.4 Å². The van der Waals surface area contributed by atoms with Gasteiger partial charge in [0.1, 0.15) is 6.07 Å². The number of nitriles is 1. The van der Waals surface area contributed by atoms with Crippen molar-refractivity contribution in [3.63, 3.8) is 0 Å². The summed E-state index contributed by atoms with van der Waals surface area (Å²) in [5.41, 5.74) is 17.5. The summed E-state index contributed by atoms with van der Waals surface area (Å²) in [5.74, 6) is -0.0138. The van der Waals surface area contributed by atoms with Crippen molar-refractivity contribution in [3.8, 4) is 45.4 Å². The highest BCUT2D eigenvalue weighted by molar-refractivity contribution is 7.00. The van der Waals surface area contributed by atoms with Crippen molar-refractivity contribution in [2.75, 3.05) is 14.7 Å². The van der Waals surface area contributed by atoms with Gasteiger partial charge in [0.2, 0.25) is 0 Å². The highest BCUT2D eigenvalue weighted by atomic mass is 15.2. The molecule has 21 rings (SSSR count). The van der Waals surface area contributed by atoms with E-state index < -0.39 is 103 Å². The van der Waals surface area contributed by atoms with Crippen molar-refractivity contribution in [1.29, 1.82) is 5.26 Å². The van der Waals surface area contributed by atoms with Crippen LogP contribution in [0, 0.1) is 11.3 Å². The van der Waals surface area contributed by atoms with Gasteiger partial charge in [0.15, 0.2) is 0 Å². The van der Waals surface area contributed by atoms with Crippen LogP contribution in [-0.4, -0.2) is 26.5 Å². The van der Waals surface area contributed by atoms with Gasteiger partial charge in [-0.25, -0.2) is 0 Å². The molecule has 14 aromatic carbocycles. The highest BCUT2D eigenvalue weighted by Gasteiger charge is 2.47. The predicted octanol–water partition coefficient (Wildman–Crippen LogP) is 24.9. The summed E-state index contributed by atoms with van der Waals surface area (Å²) in [6, 6.07) is 62.4. The van der Waals surface area contributed by atoms with E-state index >= 15 is 0 Å². The summed E-state index contributed by atoms with van der Waals surface area (Å²) in [5, 5.41) is 13.7. The molecular formula is C103H82BN7. The molecule has 0 saturated carbocycles. The molecule has 0 radical (unpaired) electrons. The SMILES string of the molecule is [2H]c1c([2H])c([2H])c2c(c1[2H])c1c([2H])c([2H])c([2H])c([2H])c1n2-c1ccc(C#N)c(N2c3cc(-n4c5c([2H])c([2H])c([2H])c([2H])c5c5c([2H])c([2H])c([2H])c([2H])c54)ccc3B3c4ccc(N5c6ccc(C(C)(C)C)cc6C6C=CC=CC65)cc4N(c4cc(-c5ccccc5)cc(-c5ccccc5)c4)c4cc(-n5c6ccc(C(C)(C)C)cc6c6cc(C(C)(C)C)ccc65)cc2c43)c1. The summed E-state index contributed by atoms with van der Waals surface area (Å²) in [6.07, 6.45) is 8.83. The Morgan fingerprint density at radius 3 is 1.30 bits per heavy atom. The average Bonchev–Trinajstić information content (AvgIpc) is 1.57. The number of anilines is 8. The van der Waals surface area contributed by atoms with E-state index in [0.717, 1.165) is 88.9 Å². The molecule has 0 spiro atoms. The lowest BCUT2D eigenvalue weighted by Crippen LogP contribution is -2.61. The predicted molar refractivity (Wildman–Crippen MR) is 469 cm³/mol. The molecule has 0 bridgehead atoms. The number of rotatable bonds is 8. The summed E-state index contributed by atoms with van der Waals surface area (Å²) >= 11 is 0. The monoisotopic (exact) mass is 1440 g/mol. The minimum atomic E-state index is -0.775. The maximum atomic E-state index is 12.3. The first-order valence-corrected chi connectivity index (χ1v) is 37.8. The third kappa shape index (κ3) is 10.2. The zero-order valence-corrected chi connectivity index (χ0v) is 62.7. The van der Waals surface area contributed by atoms with Crippen LogP contribution in [0.3, 0.4) is 0 Å². The van der Waals surface area contributed by atoms with Crippen molar-refractivity contribution in [2.45, 2.75) is 90.5 Å². The van der Waals surface area contributed by atoms with Gasteiger partial charge in [-0.2, -0.15) is 5.26 Å². The fraction of sp³-hybridized carbons (Fsp3) is 0.136. The Morgan fingerprint density at radius 1 is 0.342 bits per heavy atom. The van der Waals surface area contributed by atoms with Gasteiger partial charge in [-0.1, -0.05) is 256 Å². The van der Waals surface area contributed by atoms with Crippen molar-refractivity contribution in [1.82, 2.24) is 13.7 Å². The fourth-order valence-electron chi connectivity index (χ4n) is 17.9. The van der Waals surface area contributed by atoms with Gasteiger partial charge in [0.25, 0.3) is 6.71 Å². The third-order valence-electron chi connectivity index (χ3n) is 23.3. The lowest BCUT2D eigenvalue weighted by atomic mass is 9.33. The molecule has 0 fully saturated rings. The van der Waals surface area contributed by atoms with Gasteiger partial charge in [-0.05, 0) is 204 Å². The van der Waals surface area contributed by atoms with Gasteiger partial charge in [0, 0.05) is 89.4 Å². The molecule has 1 aliphatic carbocycles. The molecule has 17 aromatic rings. The van der Waals surface area contributed by atoms with Gasteiger partial charge < -0.3 is 28.4 Å². The summed E-state index contributed by atoms with van der Waals surface area (Å²) in [7, 11) is 0. The third-order valence-corrected chi connectivity index (χ3v) is 23.3. The van der Waals surface area contributed by atoms with Crippen LogP contribution in [0.5, 0.6) is 0 Å². The average molecular weight is 1440 g/mol. The van der Waals surface area contributed by atoms with E-state index in [1.807, 2.05) is 53.4 Å². The van der Waals surface area contributed by atoms with E-state index in [1.165, 1.54) is 20.3 Å². The molecule has 2 atom stereocenters. The summed E-state index contributed by atoms with van der Waals surface area (Å²) < 4.78 is 157. The number of aromatic nitrogens is 3. The second-order valence-electron chi connectivity index (χ2n) is 32.8. The largest absolute Gasteiger partial charge is 0.333 e. The van der Waals surface area contributed by atoms with Crippen LogP contribution in [0.15, 0.2) is 321 Å². The van der Waals surface area contributed by atoms with Crippen molar-refractivity contribution in [2.24, 2.45) is 0 Å². The fourth-order valence-corrected chi connectivity index (χ4v) is 17.9. The molecule has 3 aromatic heterocycles. The number of fused-ring (bicyclic) bond motifs is 16. The standard InChI is InChI=1S/C103H82BN7/c1-101(2,3)69-41-49-92-82(55-69)81-34-20-25-39-91(81)108(92)73-45-47-85-96(59-73)110(75-53-67(64-26-12-10-13-27-64)52-68(54-75)65-28-14-11-15-29-65)98-61-76(109-93-50-42-70(102(4,5)6)56-83(93)84-57-71(103(7,8)9)43-51-94(84)109)62-99-100(98)104(85)86-48-46-74(107-89-37-23-18-32-79(89)80-33-19-24-38-90(80)107)60-97(86)111(99)95-58-72(44-40-66(95)63-105)106-87-35-21-16-30-77(87)78-31-17-22-36-88(78)106/h10-62,81,91H,1-9H3/i16D,17D,18D,19D,21D,22D,23D,24D,30D,31D,32D,33D,35D,36D,37D,38D. The molecular weight excluding hydrogens is 1350 g/mol. The Labute approximate surface area is 671 Å². The van der Waals surface area contributed by atoms with Crippen molar-refractivity contribution in [3.05, 3.63) is 349 Å². The van der Waals surface area contributed by atoms with E-state index in [0.29, 0.717) is 28.2 Å². The first kappa shape index (κ1) is 51.3. The molecule has 4 aliphatic rings. The Kier molecular flexibility index (Phi) is 11.3. The van der Waals surface area contributed by atoms with Crippen LogP contribution in [0.1, 0.15) is 118 Å². The molecule has 3 aliphatic heterocycles. The maximum absolute atomic E-state index is 12.3. The smallest absolute Gasteiger partial charge is 0.252 e. The van der Waals surface area contributed by atoms with Crippen LogP contribution in [-0.2, 0) is 16.2 Å². The topological polar surface area (TPSA) is 48.3 Å². The van der Waals surface area contributed by atoms with E-state index in [4.69, 9.17) is 5.48 Å². The number of benzene rings is 14. The molecule has 8 heteroatoms. The van der Waals surface area contributed by atoms with Crippen LogP contribution in [0.4, 0.5) is 45.5 Å². The van der Waals surface area contributed by atoms with Crippen molar-refractivity contribution >= 4 is 134 Å². The second kappa shape index (κ2) is 24.5. The van der Waals surface area contributed by atoms with Gasteiger partial charge in [-0.3, -0.25) is 0 Å². The molecule has 6 heterocycles. The van der Waals surface area contributed by atoms with E-state index in [9.17, 15) is 21.7 Å².